The molecule has 8 nitrogen and oxygen atoms in total. The van der Waals surface area contributed by atoms with Crippen molar-refractivity contribution in [3.05, 3.63) is 52.4 Å². The summed E-state index contributed by atoms with van der Waals surface area (Å²) in [4.78, 5) is 16.6. The van der Waals surface area contributed by atoms with E-state index in [0.29, 0.717) is 22.5 Å². The zero-order chi connectivity index (χ0) is 16.7. The summed E-state index contributed by atoms with van der Waals surface area (Å²) in [5, 5.41) is 0. The Morgan fingerprint density at radius 3 is 2.67 bits per heavy atom. The van der Waals surface area contributed by atoms with Crippen LogP contribution in [-0.2, 0) is 16.6 Å². The van der Waals surface area contributed by atoms with E-state index in [1.54, 1.807) is 24.3 Å². The minimum absolute atomic E-state index is 0.0845. The third-order valence-electron chi connectivity index (χ3n) is 3.70. The number of imidazole rings is 1. The van der Waals surface area contributed by atoms with Gasteiger partial charge in [0.1, 0.15) is 0 Å². The quantitative estimate of drug-likeness (QED) is 0.653. The Balaban J connectivity index is 1.55. The standard InChI is InChI=1S/C15H13N3O5S/c19-15-17-11-3-1-9(5-12(11)18-15)7-16-24(20,21)10-2-4-13-14(6-10)23-8-22-13/h1-6,16H,7-8H2,(H2,17,18,19). The predicted octanol–water partition coefficient (Wildman–Crippen LogP) is 1.06. The van der Waals surface area contributed by atoms with Crippen molar-refractivity contribution in [2.45, 2.75) is 11.4 Å². The first-order chi connectivity index (χ1) is 11.5. The van der Waals surface area contributed by atoms with Crippen LogP contribution in [0.2, 0.25) is 0 Å². The van der Waals surface area contributed by atoms with Crippen molar-refractivity contribution in [2.75, 3.05) is 6.79 Å². The number of nitrogens with one attached hydrogen (secondary N) is 3. The Bertz CT molecular complexity index is 1080. The maximum Gasteiger partial charge on any atom is 0.323 e. The molecule has 1 aromatic heterocycles. The average Bonchev–Trinajstić information content (AvgIpc) is 3.16. The van der Waals surface area contributed by atoms with Gasteiger partial charge in [0, 0.05) is 12.6 Å². The van der Waals surface area contributed by atoms with Crippen LogP contribution in [0.15, 0.2) is 46.1 Å². The first kappa shape index (κ1) is 14.8. The van der Waals surface area contributed by atoms with Crippen LogP contribution in [-0.4, -0.2) is 25.2 Å². The Kier molecular flexibility index (Phi) is 3.32. The number of aromatic amines is 2. The van der Waals surface area contributed by atoms with Crippen molar-refractivity contribution in [1.29, 1.82) is 0 Å². The van der Waals surface area contributed by atoms with Gasteiger partial charge in [-0.25, -0.2) is 17.9 Å². The van der Waals surface area contributed by atoms with Crippen LogP contribution in [0, 0.1) is 0 Å². The van der Waals surface area contributed by atoms with Gasteiger partial charge in [0.15, 0.2) is 11.5 Å². The summed E-state index contributed by atoms with van der Waals surface area (Å²) in [5.41, 5.74) is 1.72. The van der Waals surface area contributed by atoms with Crippen molar-refractivity contribution >= 4 is 21.1 Å². The molecule has 1 aliphatic heterocycles. The predicted molar refractivity (Wildman–Crippen MR) is 85.5 cm³/mol. The van der Waals surface area contributed by atoms with Crippen LogP contribution in [0.1, 0.15) is 5.56 Å². The summed E-state index contributed by atoms with van der Waals surface area (Å²) in [7, 11) is -3.69. The number of hydrogen-bond donors (Lipinski definition) is 3. The molecule has 2 heterocycles. The maximum atomic E-state index is 12.4. The number of sulfonamides is 1. The first-order valence-electron chi connectivity index (χ1n) is 7.11. The smallest absolute Gasteiger partial charge is 0.323 e. The molecule has 0 bridgehead atoms. The van der Waals surface area contributed by atoms with Crippen LogP contribution in [0.5, 0.6) is 11.5 Å². The van der Waals surface area contributed by atoms with Crippen molar-refractivity contribution in [2.24, 2.45) is 0 Å². The van der Waals surface area contributed by atoms with Gasteiger partial charge in [-0.1, -0.05) is 6.07 Å². The average molecular weight is 347 g/mol. The Morgan fingerprint density at radius 2 is 1.79 bits per heavy atom. The highest BCUT2D eigenvalue weighted by atomic mass is 32.2. The second-order valence-electron chi connectivity index (χ2n) is 5.30. The minimum Gasteiger partial charge on any atom is -0.454 e. The molecule has 0 saturated carbocycles. The highest BCUT2D eigenvalue weighted by Gasteiger charge is 2.20. The maximum absolute atomic E-state index is 12.4. The van der Waals surface area contributed by atoms with Gasteiger partial charge in [-0.05, 0) is 29.8 Å². The van der Waals surface area contributed by atoms with Gasteiger partial charge in [0.05, 0.1) is 15.9 Å². The van der Waals surface area contributed by atoms with E-state index < -0.39 is 10.0 Å². The Hall–Kier alpha value is -2.78. The van der Waals surface area contributed by atoms with E-state index in [0.717, 1.165) is 5.56 Å². The number of hydrogen-bond acceptors (Lipinski definition) is 5. The van der Waals surface area contributed by atoms with E-state index in [1.165, 1.54) is 12.1 Å². The van der Waals surface area contributed by atoms with Gasteiger partial charge in [-0.3, -0.25) is 0 Å². The number of aromatic nitrogens is 2. The second-order valence-corrected chi connectivity index (χ2v) is 7.07. The van der Waals surface area contributed by atoms with Gasteiger partial charge in [-0.2, -0.15) is 0 Å². The highest BCUT2D eigenvalue weighted by Crippen LogP contribution is 2.33. The summed E-state index contributed by atoms with van der Waals surface area (Å²) in [6.45, 7) is 0.182. The van der Waals surface area contributed by atoms with Crippen molar-refractivity contribution in [3.8, 4) is 11.5 Å². The van der Waals surface area contributed by atoms with Crippen LogP contribution in [0.3, 0.4) is 0 Å². The fourth-order valence-corrected chi connectivity index (χ4v) is 3.53. The lowest BCUT2D eigenvalue weighted by Crippen LogP contribution is -2.23. The van der Waals surface area contributed by atoms with Gasteiger partial charge in [0.25, 0.3) is 0 Å². The molecule has 3 N–H and O–H groups in total. The zero-order valence-electron chi connectivity index (χ0n) is 12.3. The molecule has 2 aromatic carbocycles. The van der Waals surface area contributed by atoms with E-state index in [9.17, 15) is 13.2 Å². The molecule has 24 heavy (non-hydrogen) atoms. The van der Waals surface area contributed by atoms with Crippen LogP contribution >= 0.6 is 0 Å². The molecular weight excluding hydrogens is 334 g/mol. The minimum atomic E-state index is -3.69. The number of fused-ring (bicyclic) bond motifs is 2. The molecule has 124 valence electrons. The fraction of sp³-hybridized carbons (Fsp3) is 0.133. The van der Waals surface area contributed by atoms with E-state index in [-0.39, 0.29) is 23.9 Å². The first-order valence-corrected chi connectivity index (χ1v) is 8.60. The summed E-state index contributed by atoms with van der Waals surface area (Å²) in [6.07, 6.45) is 0. The summed E-state index contributed by atoms with van der Waals surface area (Å²) in [6, 6.07) is 9.63. The molecule has 0 unspecified atom stereocenters. The number of rotatable bonds is 4. The molecule has 1 aliphatic rings. The van der Waals surface area contributed by atoms with E-state index in [2.05, 4.69) is 14.7 Å². The number of benzene rings is 2. The lowest BCUT2D eigenvalue weighted by atomic mass is 10.2. The molecule has 9 heteroatoms. The molecule has 3 aromatic rings. The Morgan fingerprint density at radius 1 is 1.00 bits per heavy atom. The molecule has 0 saturated heterocycles. The third kappa shape index (κ3) is 2.63. The van der Waals surface area contributed by atoms with Crippen LogP contribution < -0.4 is 19.9 Å². The fourth-order valence-electron chi connectivity index (χ4n) is 2.50. The Labute approximate surface area is 136 Å². The molecule has 0 fully saturated rings. The highest BCUT2D eigenvalue weighted by molar-refractivity contribution is 7.89. The van der Waals surface area contributed by atoms with Crippen molar-refractivity contribution in [1.82, 2.24) is 14.7 Å². The molecule has 0 atom stereocenters. The molecular formula is C15H13N3O5S. The number of H-pyrrole nitrogens is 2. The molecule has 0 amide bonds. The van der Waals surface area contributed by atoms with Crippen LogP contribution in [0.25, 0.3) is 11.0 Å². The van der Waals surface area contributed by atoms with Gasteiger partial charge < -0.3 is 19.4 Å². The topological polar surface area (TPSA) is 113 Å². The van der Waals surface area contributed by atoms with Crippen molar-refractivity contribution < 1.29 is 17.9 Å². The SMILES string of the molecule is O=c1[nH]c2ccc(CNS(=O)(=O)c3ccc4c(c3)OCO4)cc2[nH]1. The normalized spacial score (nSPS) is 13.5. The van der Waals surface area contributed by atoms with E-state index in [4.69, 9.17) is 9.47 Å². The molecule has 0 radical (unpaired) electrons. The lowest BCUT2D eigenvalue weighted by molar-refractivity contribution is 0.174. The summed E-state index contributed by atoms with van der Waals surface area (Å²) in [5.74, 6) is 0.931. The molecule has 0 aliphatic carbocycles. The summed E-state index contributed by atoms with van der Waals surface area (Å²) >= 11 is 0. The molecule has 4 rings (SSSR count). The number of ether oxygens (including phenoxy) is 2. The summed E-state index contributed by atoms with van der Waals surface area (Å²) < 4.78 is 37.7. The van der Waals surface area contributed by atoms with Gasteiger partial charge >= 0.3 is 5.69 Å². The second kappa shape index (κ2) is 5.39. The molecule has 0 spiro atoms. The zero-order valence-corrected chi connectivity index (χ0v) is 13.1. The third-order valence-corrected chi connectivity index (χ3v) is 5.10. The van der Waals surface area contributed by atoms with Crippen LogP contribution in [0.4, 0.5) is 0 Å². The monoisotopic (exact) mass is 347 g/mol. The van der Waals surface area contributed by atoms with Crippen molar-refractivity contribution in [3.63, 3.8) is 0 Å². The van der Waals surface area contributed by atoms with Gasteiger partial charge in [0.2, 0.25) is 16.8 Å². The lowest BCUT2D eigenvalue weighted by Gasteiger charge is -2.08. The largest absolute Gasteiger partial charge is 0.454 e. The van der Waals surface area contributed by atoms with E-state index >= 15 is 0 Å². The van der Waals surface area contributed by atoms with Gasteiger partial charge in [-0.15, -0.1) is 0 Å². The van der Waals surface area contributed by atoms with E-state index in [1.807, 2.05) is 0 Å².